The first kappa shape index (κ1) is 14.7. The van der Waals surface area contributed by atoms with Crippen LogP contribution in [0.1, 0.15) is 36.5 Å². The number of hydrogen-bond acceptors (Lipinski definition) is 4. The number of anilines is 1. The molecule has 3 N–H and O–H groups in total. The van der Waals surface area contributed by atoms with Crippen LogP contribution in [0.4, 0.5) is 5.69 Å². The summed E-state index contributed by atoms with van der Waals surface area (Å²) in [5, 5.41) is 2.75. The number of ether oxygens (including phenoxy) is 2. The fourth-order valence-electron chi connectivity index (χ4n) is 2.18. The van der Waals surface area contributed by atoms with Gasteiger partial charge in [-0.15, -0.1) is 0 Å². The zero-order chi connectivity index (χ0) is 14.4. The van der Waals surface area contributed by atoms with Gasteiger partial charge in [0.1, 0.15) is 12.4 Å². The second-order valence-electron chi connectivity index (χ2n) is 4.91. The molecule has 0 aromatic heterocycles. The summed E-state index contributed by atoms with van der Waals surface area (Å²) in [7, 11) is 0. The Labute approximate surface area is 119 Å². The van der Waals surface area contributed by atoms with Crippen LogP contribution in [-0.2, 0) is 4.74 Å². The van der Waals surface area contributed by atoms with Gasteiger partial charge in [0.05, 0.1) is 11.8 Å². The van der Waals surface area contributed by atoms with Gasteiger partial charge in [0.2, 0.25) is 0 Å². The molecule has 0 aliphatic carbocycles. The highest BCUT2D eigenvalue weighted by Gasteiger charge is 2.15. The lowest BCUT2D eigenvalue weighted by Gasteiger charge is -2.23. The third-order valence-corrected chi connectivity index (χ3v) is 3.31. The van der Waals surface area contributed by atoms with Gasteiger partial charge in [-0.3, -0.25) is 4.79 Å². The normalized spacial score (nSPS) is 18.6. The fraction of sp³-hybridized carbons (Fsp3) is 0.533. The molecule has 1 saturated heterocycles. The Balaban J connectivity index is 1.98. The van der Waals surface area contributed by atoms with Gasteiger partial charge in [-0.1, -0.05) is 0 Å². The van der Waals surface area contributed by atoms with Crippen molar-refractivity contribution in [2.24, 2.45) is 0 Å². The highest BCUT2D eigenvalue weighted by Crippen LogP contribution is 2.24. The standard InChI is InChI=1S/C15H22N2O3/c1-2-17-15(18)11-6-7-13(16)14(9-11)20-10-12-5-3-4-8-19-12/h6-7,9,12H,2-5,8,10,16H2,1H3,(H,17,18). The summed E-state index contributed by atoms with van der Waals surface area (Å²) < 4.78 is 11.3. The number of benzene rings is 1. The maximum absolute atomic E-state index is 11.8. The van der Waals surface area contributed by atoms with Crippen LogP contribution < -0.4 is 15.8 Å². The maximum atomic E-state index is 11.8. The molecule has 1 aliphatic rings. The van der Waals surface area contributed by atoms with Gasteiger partial charge in [-0.25, -0.2) is 0 Å². The van der Waals surface area contributed by atoms with Crippen molar-refractivity contribution in [1.29, 1.82) is 0 Å². The van der Waals surface area contributed by atoms with Gasteiger partial charge in [0.25, 0.3) is 5.91 Å². The quantitative estimate of drug-likeness (QED) is 0.808. The first-order valence-corrected chi connectivity index (χ1v) is 7.13. The minimum atomic E-state index is -0.119. The largest absolute Gasteiger partial charge is 0.489 e. The average Bonchev–Trinajstić information content (AvgIpc) is 2.47. The van der Waals surface area contributed by atoms with Gasteiger partial charge >= 0.3 is 0 Å². The molecule has 1 atom stereocenters. The van der Waals surface area contributed by atoms with E-state index in [1.54, 1.807) is 18.2 Å². The number of nitrogens with two attached hydrogens (primary N) is 1. The summed E-state index contributed by atoms with van der Waals surface area (Å²) in [6.45, 7) is 3.74. The maximum Gasteiger partial charge on any atom is 0.251 e. The molecule has 1 aliphatic heterocycles. The van der Waals surface area contributed by atoms with Crippen LogP contribution in [0, 0.1) is 0 Å². The van der Waals surface area contributed by atoms with Crippen LogP contribution in [0.25, 0.3) is 0 Å². The summed E-state index contributed by atoms with van der Waals surface area (Å²) >= 11 is 0. The molecular weight excluding hydrogens is 256 g/mol. The Morgan fingerprint density at radius 3 is 3.05 bits per heavy atom. The molecular formula is C15H22N2O3. The van der Waals surface area contributed by atoms with Gasteiger partial charge in [-0.05, 0) is 44.4 Å². The van der Waals surface area contributed by atoms with Crippen LogP contribution in [0.15, 0.2) is 18.2 Å². The molecule has 2 rings (SSSR count). The van der Waals surface area contributed by atoms with Crippen molar-refractivity contribution in [2.45, 2.75) is 32.3 Å². The lowest BCUT2D eigenvalue weighted by atomic mass is 10.1. The third kappa shape index (κ3) is 3.87. The van der Waals surface area contributed by atoms with Gasteiger partial charge in [0, 0.05) is 18.7 Å². The molecule has 5 nitrogen and oxygen atoms in total. The van der Waals surface area contributed by atoms with Crippen molar-refractivity contribution in [3.8, 4) is 5.75 Å². The second kappa shape index (κ2) is 7.14. The topological polar surface area (TPSA) is 73.6 Å². The lowest BCUT2D eigenvalue weighted by molar-refractivity contribution is -0.0109. The Hall–Kier alpha value is -1.75. The number of rotatable bonds is 5. The van der Waals surface area contributed by atoms with E-state index < -0.39 is 0 Å². The highest BCUT2D eigenvalue weighted by atomic mass is 16.5. The number of hydrogen-bond donors (Lipinski definition) is 2. The first-order valence-electron chi connectivity index (χ1n) is 7.13. The first-order chi connectivity index (χ1) is 9.70. The molecule has 1 amide bonds. The predicted octanol–water partition coefficient (Wildman–Crippen LogP) is 1.97. The molecule has 1 aromatic rings. The zero-order valence-electron chi connectivity index (χ0n) is 11.9. The van der Waals surface area contributed by atoms with Crippen LogP contribution >= 0.6 is 0 Å². The van der Waals surface area contributed by atoms with Crippen molar-refractivity contribution in [1.82, 2.24) is 5.32 Å². The monoisotopic (exact) mass is 278 g/mol. The van der Waals surface area contributed by atoms with E-state index in [1.807, 2.05) is 6.92 Å². The van der Waals surface area contributed by atoms with Crippen LogP contribution in [-0.4, -0.2) is 31.8 Å². The van der Waals surface area contributed by atoms with E-state index in [-0.39, 0.29) is 12.0 Å². The third-order valence-electron chi connectivity index (χ3n) is 3.31. The Kier molecular flexibility index (Phi) is 5.24. The summed E-state index contributed by atoms with van der Waals surface area (Å²) in [6, 6.07) is 5.08. The molecule has 1 aromatic carbocycles. The highest BCUT2D eigenvalue weighted by molar-refractivity contribution is 5.95. The smallest absolute Gasteiger partial charge is 0.251 e. The molecule has 20 heavy (non-hydrogen) atoms. The molecule has 1 heterocycles. The summed E-state index contributed by atoms with van der Waals surface area (Å²) in [6.07, 6.45) is 3.42. The molecule has 1 unspecified atom stereocenters. The molecule has 0 saturated carbocycles. The lowest BCUT2D eigenvalue weighted by Crippen LogP contribution is -2.26. The SMILES string of the molecule is CCNC(=O)c1ccc(N)c(OCC2CCCCO2)c1. The van der Waals surface area contributed by atoms with E-state index in [0.717, 1.165) is 19.4 Å². The van der Waals surface area contributed by atoms with E-state index >= 15 is 0 Å². The van der Waals surface area contributed by atoms with Crippen LogP contribution in [0.3, 0.4) is 0 Å². The summed E-state index contributed by atoms with van der Waals surface area (Å²) in [5.74, 6) is 0.425. The van der Waals surface area contributed by atoms with Crippen molar-refractivity contribution in [2.75, 3.05) is 25.5 Å². The number of nitrogen functional groups attached to an aromatic ring is 1. The van der Waals surface area contributed by atoms with E-state index in [9.17, 15) is 4.79 Å². The van der Waals surface area contributed by atoms with E-state index in [1.165, 1.54) is 6.42 Å². The Bertz CT molecular complexity index is 456. The minimum Gasteiger partial charge on any atom is -0.489 e. The average molecular weight is 278 g/mol. The molecule has 5 heteroatoms. The van der Waals surface area contributed by atoms with E-state index in [0.29, 0.717) is 30.2 Å². The van der Waals surface area contributed by atoms with Crippen molar-refractivity contribution >= 4 is 11.6 Å². The van der Waals surface area contributed by atoms with E-state index in [4.69, 9.17) is 15.2 Å². The van der Waals surface area contributed by atoms with Gasteiger partial charge in [0.15, 0.2) is 0 Å². The van der Waals surface area contributed by atoms with Gasteiger partial charge in [-0.2, -0.15) is 0 Å². The van der Waals surface area contributed by atoms with Crippen LogP contribution in [0.2, 0.25) is 0 Å². The fourth-order valence-corrected chi connectivity index (χ4v) is 2.18. The number of amides is 1. The molecule has 1 fully saturated rings. The number of carbonyl (C=O) groups excluding carboxylic acids is 1. The number of carbonyl (C=O) groups is 1. The zero-order valence-corrected chi connectivity index (χ0v) is 11.9. The summed E-state index contributed by atoms with van der Waals surface area (Å²) in [4.78, 5) is 11.8. The molecule has 0 radical (unpaired) electrons. The molecule has 110 valence electrons. The Morgan fingerprint density at radius 2 is 2.35 bits per heavy atom. The molecule has 0 bridgehead atoms. The van der Waals surface area contributed by atoms with Crippen molar-refractivity contribution < 1.29 is 14.3 Å². The Morgan fingerprint density at radius 1 is 1.50 bits per heavy atom. The van der Waals surface area contributed by atoms with Crippen molar-refractivity contribution in [3.63, 3.8) is 0 Å². The second-order valence-corrected chi connectivity index (χ2v) is 4.91. The summed E-state index contributed by atoms with van der Waals surface area (Å²) in [5.41, 5.74) is 6.97. The van der Waals surface area contributed by atoms with E-state index in [2.05, 4.69) is 5.32 Å². The molecule has 0 spiro atoms. The van der Waals surface area contributed by atoms with Crippen molar-refractivity contribution in [3.05, 3.63) is 23.8 Å². The van der Waals surface area contributed by atoms with Crippen LogP contribution in [0.5, 0.6) is 5.75 Å². The van der Waals surface area contributed by atoms with Gasteiger partial charge < -0.3 is 20.5 Å². The predicted molar refractivity (Wildman–Crippen MR) is 77.9 cm³/mol. The number of nitrogens with one attached hydrogen (secondary N) is 1. The minimum absolute atomic E-state index is 0.119.